The van der Waals surface area contributed by atoms with Crippen molar-refractivity contribution in [3.63, 3.8) is 0 Å². The molecule has 126 valence electrons. The molecule has 0 saturated carbocycles. The Balaban J connectivity index is 1.58. The zero-order chi connectivity index (χ0) is 16.9. The highest BCUT2D eigenvalue weighted by molar-refractivity contribution is 7.13. The SMILES string of the molecule is COC(=O)Nc1nc(CC(=O)Nc2ccc3c(c2)OCCO3)cs1. The Morgan fingerprint density at radius 1 is 1.25 bits per heavy atom. The van der Waals surface area contributed by atoms with Crippen LogP contribution in [0.3, 0.4) is 0 Å². The van der Waals surface area contributed by atoms with Gasteiger partial charge in [0.15, 0.2) is 16.6 Å². The summed E-state index contributed by atoms with van der Waals surface area (Å²) >= 11 is 1.22. The summed E-state index contributed by atoms with van der Waals surface area (Å²) in [6, 6.07) is 5.22. The smallest absolute Gasteiger partial charge is 0.413 e. The van der Waals surface area contributed by atoms with Crippen molar-refractivity contribution in [3.05, 3.63) is 29.3 Å². The minimum absolute atomic E-state index is 0.0911. The van der Waals surface area contributed by atoms with E-state index in [-0.39, 0.29) is 12.3 Å². The van der Waals surface area contributed by atoms with Crippen LogP contribution in [0.5, 0.6) is 11.5 Å². The number of amides is 2. The van der Waals surface area contributed by atoms with E-state index < -0.39 is 6.09 Å². The van der Waals surface area contributed by atoms with Crippen LogP contribution < -0.4 is 20.1 Å². The zero-order valence-corrected chi connectivity index (χ0v) is 13.6. The van der Waals surface area contributed by atoms with Crippen LogP contribution in [0.1, 0.15) is 5.69 Å². The zero-order valence-electron chi connectivity index (χ0n) is 12.8. The summed E-state index contributed by atoms with van der Waals surface area (Å²) < 4.78 is 15.4. The molecule has 24 heavy (non-hydrogen) atoms. The van der Waals surface area contributed by atoms with Crippen LogP contribution in [0.4, 0.5) is 15.6 Å². The molecule has 0 bridgehead atoms. The summed E-state index contributed by atoms with van der Waals surface area (Å²) in [4.78, 5) is 27.4. The molecular formula is C15H15N3O5S. The number of hydrogen-bond acceptors (Lipinski definition) is 7. The average molecular weight is 349 g/mol. The summed E-state index contributed by atoms with van der Waals surface area (Å²) in [6.07, 6.45) is -0.509. The number of nitrogens with one attached hydrogen (secondary N) is 2. The number of methoxy groups -OCH3 is 1. The maximum absolute atomic E-state index is 12.1. The number of carbonyl (C=O) groups excluding carboxylic acids is 2. The van der Waals surface area contributed by atoms with Gasteiger partial charge in [-0.2, -0.15) is 0 Å². The van der Waals surface area contributed by atoms with Crippen LogP contribution in [-0.2, 0) is 16.0 Å². The highest BCUT2D eigenvalue weighted by Crippen LogP contribution is 2.32. The molecule has 0 saturated heterocycles. The number of hydrogen-bond donors (Lipinski definition) is 2. The average Bonchev–Trinajstić information content (AvgIpc) is 3.01. The number of fused-ring (bicyclic) bond motifs is 1. The second-order valence-corrected chi connectivity index (χ2v) is 5.70. The Morgan fingerprint density at radius 3 is 2.83 bits per heavy atom. The van der Waals surface area contributed by atoms with Gasteiger partial charge in [0.05, 0.1) is 19.2 Å². The third kappa shape index (κ3) is 3.93. The lowest BCUT2D eigenvalue weighted by Crippen LogP contribution is -2.17. The van der Waals surface area contributed by atoms with E-state index in [1.807, 2.05) is 0 Å². The normalized spacial score (nSPS) is 12.4. The van der Waals surface area contributed by atoms with Crippen molar-refractivity contribution < 1.29 is 23.8 Å². The van der Waals surface area contributed by atoms with Gasteiger partial charge < -0.3 is 19.5 Å². The van der Waals surface area contributed by atoms with Crippen molar-refractivity contribution in [2.45, 2.75) is 6.42 Å². The summed E-state index contributed by atoms with van der Waals surface area (Å²) in [5, 5.41) is 7.31. The molecule has 1 aromatic carbocycles. The number of ether oxygens (including phenoxy) is 3. The number of carbonyl (C=O) groups is 2. The molecule has 0 atom stereocenters. The number of thiazole rings is 1. The Hall–Kier alpha value is -2.81. The number of nitrogens with zero attached hydrogens (tertiary/aromatic N) is 1. The topological polar surface area (TPSA) is 98.8 Å². The molecule has 0 fully saturated rings. The van der Waals surface area contributed by atoms with E-state index >= 15 is 0 Å². The molecule has 3 rings (SSSR count). The second kappa shape index (κ2) is 7.18. The van der Waals surface area contributed by atoms with E-state index in [2.05, 4.69) is 20.4 Å². The molecule has 0 unspecified atom stereocenters. The van der Waals surface area contributed by atoms with Gasteiger partial charge >= 0.3 is 6.09 Å². The van der Waals surface area contributed by atoms with Gasteiger partial charge in [-0.25, -0.2) is 9.78 Å². The lowest BCUT2D eigenvalue weighted by molar-refractivity contribution is -0.115. The predicted molar refractivity (Wildman–Crippen MR) is 87.9 cm³/mol. The Morgan fingerprint density at radius 2 is 2.04 bits per heavy atom. The van der Waals surface area contributed by atoms with Crippen LogP contribution in [0.15, 0.2) is 23.6 Å². The predicted octanol–water partition coefficient (Wildman–Crippen LogP) is 2.27. The molecule has 2 N–H and O–H groups in total. The van der Waals surface area contributed by atoms with Crippen molar-refractivity contribution in [3.8, 4) is 11.5 Å². The minimum Gasteiger partial charge on any atom is -0.486 e. The van der Waals surface area contributed by atoms with Crippen LogP contribution in [0, 0.1) is 0 Å². The van der Waals surface area contributed by atoms with E-state index in [9.17, 15) is 9.59 Å². The lowest BCUT2D eigenvalue weighted by atomic mass is 10.2. The van der Waals surface area contributed by atoms with E-state index in [1.165, 1.54) is 18.4 Å². The maximum atomic E-state index is 12.1. The molecule has 1 aliphatic heterocycles. The monoisotopic (exact) mass is 349 g/mol. The van der Waals surface area contributed by atoms with Crippen molar-refractivity contribution in [2.75, 3.05) is 31.0 Å². The standard InChI is InChI=1S/C15H15N3O5S/c1-21-15(20)18-14-17-10(8-24-14)7-13(19)16-9-2-3-11-12(6-9)23-5-4-22-11/h2-3,6,8H,4-5,7H2,1H3,(H,16,19)(H,17,18,20). The summed E-state index contributed by atoms with van der Waals surface area (Å²) in [5.74, 6) is 1.05. The van der Waals surface area contributed by atoms with Crippen LogP contribution in [0.2, 0.25) is 0 Å². The summed E-state index contributed by atoms with van der Waals surface area (Å²) in [5.41, 5.74) is 1.17. The molecule has 9 heteroatoms. The number of anilines is 2. The molecular weight excluding hydrogens is 334 g/mol. The van der Waals surface area contributed by atoms with E-state index in [0.717, 1.165) is 0 Å². The van der Waals surface area contributed by atoms with Gasteiger partial charge in [0.2, 0.25) is 5.91 Å². The van der Waals surface area contributed by atoms with Gasteiger partial charge in [0.1, 0.15) is 13.2 Å². The Kier molecular flexibility index (Phi) is 4.80. The van der Waals surface area contributed by atoms with Gasteiger partial charge in [0, 0.05) is 17.1 Å². The maximum Gasteiger partial charge on any atom is 0.413 e. The van der Waals surface area contributed by atoms with Gasteiger partial charge in [-0.15, -0.1) is 11.3 Å². The molecule has 2 aromatic rings. The van der Waals surface area contributed by atoms with Crippen molar-refractivity contribution in [1.29, 1.82) is 0 Å². The van der Waals surface area contributed by atoms with E-state index in [0.29, 0.717) is 41.2 Å². The first kappa shape index (κ1) is 16.1. The van der Waals surface area contributed by atoms with E-state index in [4.69, 9.17) is 9.47 Å². The molecule has 1 aliphatic rings. The fourth-order valence-electron chi connectivity index (χ4n) is 2.07. The molecule has 0 aliphatic carbocycles. The molecule has 2 amide bonds. The third-order valence-electron chi connectivity index (χ3n) is 3.11. The van der Waals surface area contributed by atoms with Crippen molar-refractivity contribution >= 4 is 34.2 Å². The molecule has 8 nitrogen and oxygen atoms in total. The molecule has 0 spiro atoms. The minimum atomic E-state index is -0.600. The number of benzene rings is 1. The quantitative estimate of drug-likeness (QED) is 0.878. The first-order chi connectivity index (χ1) is 11.6. The lowest BCUT2D eigenvalue weighted by Gasteiger charge is -2.18. The highest BCUT2D eigenvalue weighted by atomic mass is 32.1. The second-order valence-electron chi connectivity index (χ2n) is 4.84. The van der Waals surface area contributed by atoms with Crippen LogP contribution >= 0.6 is 11.3 Å². The molecule has 2 heterocycles. The van der Waals surface area contributed by atoms with Gasteiger partial charge in [0.25, 0.3) is 0 Å². The summed E-state index contributed by atoms with van der Waals surface area (Å²) in [7, 11) is 1.27. The first-order valence-electron chi connectivity index (χ1n) is 7.13. The Labute approximate surface area is 141 Å². The largest absolute Gasteiger partial charge is 0.486 e. The van der Waals surface area contributed by atoms with Gasteiger partial charge in [-0.1, -0.05) is 0 Å². The Bertz CT molecular complexity index is 761. The van der Waals surface area contributed by atoms with Gasteiger partial charge in [-0.05, 0) is 12.1 Å². The number of rotatable bonds is 4. The van der Waals surface area contributed by atoms with Gasteiger partial charge in [-0.3, -0.25) is 10.1 Å². The van der Waals surface area contributed by atoms with Crippen LogP contribution in [-0.4, -0.2) is 37.3 Å². The van der Waals surface area contributed by atoms with E-state index in [1.54, 1.807) is 23.6 Å². The fourth-order valence-corrected chi connectivity index (χ4v) is 2.77. The first-order valence-corrected chi connectivity index (χ1v) is 8.01. The third-order valence-corrected chi connectivity index (χ3v) is 3.92. The van der Waals surface area contributed by atoms with Crippen LogP contribution in [0.25, 0.3) is 0 Å². The highest BCUT2D eigenvalue weighted by Gasteiger charge is 2.14. The molecule has 1 aromatic heterocycles. The number of aromatic nitrogens is 1. The fraction of sp³-hybridized carbons (Fsp3) is 0.267. The summed E-state index contributed by atoms with van der Waals surface area (Å²) in [6.45, 7) is 1.00. The van der Waals surface area contributed by atoms with Crippen molar-refractivity contribution in [2.24, 2.45) is 0 Å². The van der Waals surface area contributed by atoms with Crippen molar-refractivity contribution in [1.82, 2.24) is 4.98 Å². The molecule has 0 radical (unpaired) electrons.